The minimum absolute atomic E-state index is 0.235. The Kier molecular flexibility index (Phi) is 11.6. The van der Waals surface area contributed by atoms with Crippen molar-refractivity contribution in [2.75, 3.05) is 0 Å². The van der Waals surface area contributed by atoms with Gasteiger partial charge < -0.3 is 9.47 Å². The van der Waals surface area contributed by atoms with Crippen LogP contribution >= 0.6 is 0 Å². The molecule has 0 N–H and O–H groups in total. The summed E-state index contributed by atoms with van der Waals surface area (Å²) in [6, 6.07) is 34.0. The molecule has 0 saturated heterocycles. The number of ether oxygens (including phenoxy) is 2. The maximum atomic E-state index is 13.9. The Balaban J connectivity index is 1.42. The molecule has 6 aromatic rings. The van der Waals surface area contributed by atoms with Gasteiger partial charge in [-0.1, -0.05) is 84.9 Å². The molecule has 7 rings (SSSR count). The average Bonchev–Trinajstić information content (AvgIpc) is 3.57. The molecule has 0 atom stereocenters. The minimum Gasteiger partial charge on any atom is -0.428 e. The number of carbonyl (C=O) groups is 2. The van der Waals surface area contributed by atoms with Gasteiger partial charge in [0, 0.05) is 11.1 Å². The monoisotopic (exact) mass is 820 g/mol. The summed E-state index contributed by atoms with van der Waals surface area (Å²) in [6.07, 6.45) is 0.551. The SMILES string of the molecule is N#Cc1ccc(C=CC(=O)c2ccc3c(c2)C(c2ccc(OC(F)=C(F)F)cc2)(c2ccc(OC(F)=C(F)F)cc2)c2cc(C(=O)C=Cc4ccc(C#N)cc4)ccc2-3)cc1. The van der Waals surface area contributed by atoms with Gasteiger partial charge in [-0.15, -0.1) is 0 Å². The summed E-state index contributed by atoms with van der Waals surface area (Å²) in [5, 5.41) is 18.3. The highest BCUT2D eigenvalue weighted by Gasteiger charge is 2.47. The van der Waals surface area contributed by atoms with Crippen LogP contribution in [0.1, 0.15) is 65.2 Å². The van der Waals surface area contributed by atoms with Crippen LogP contribution in [0.5, 0.6) is 11.5 Å². The van der Waals surface area contributed by atoms with E-state index in [-0.39, 0.29) is 22.6 Å². The van der Waals surface area contributed by atoms with E-state index in [2.05, 4.69) is 0 Å². The highest BCUT2D eigenvalue weighted by molar-refractivity contribution is 6.09. The molecule has 0 spiro atoms. The number of nitriles is 2. The molecule has 0 aromatic heterocycles. The summed E-state index contributed by atoms with van der Waals surface area (Å²) < 4.78 is 89.2. The number of ketones is 2. The number of allylic oxidation sites excluding steroid dienone is 2. The molecule has 0 heterocycles. The van der Waals surface area contributed by atoms with E-state index in [4.69, 9.17) is 20.0 Å². The molecule has 12 heteroatoms. The van der Waals surface area contributed by atoms with Crippen molar-refractivity contribution in [3.63, 3.8) is 0 Å². The maximum Gasteiger partial charge on any atom is 0.344 e. The van der Waals surface area contributed by atoms with Crippen LogP contribution in [0.3, 0.4) is 0 Å². The van der Waals surface area contributed by atoms with Crippen LogP contribution in [0.15, 0.2) is 170 Å². The fourth-order valence-corrected chi connectivity index (χ4v) is 7.12. The number of fused-ring (bicyclic) bond motifs is 3. The van der Waals surface area contributed by atoms with E-state index in [9.17, 15) is 35.9 Å². The van der Waals surface area contributed by atoms with Gasteiger partial charge in [-0.3, -0.25) is 9.59 Å². The molecule has 6 aromatic carbocycles. The van der Waals surface area contributed by atoms with Crippen molar-refractivity contribution < 1.29 is 45.4 Å². The van der Waals surface area contributed by atoms with Gasteiger partial charge in [0.2, 0.25) is 0 Å². The fraction of sp³-hybridized carbons (Fsp3) is 0.0204. The van der Waals surface area contributed by atoms with Crippen molar-refractivity contribution in [2.45, 2.75) is 5.41 Å². The summed E-state index contributed by atoms with van der Waals surface area (Å²) in [5.41, 5.74) is 4.27. The van der Waals surface area contributed by atoms with E-state index in [1.54, 1.807) is 97.1 Å². The number of halogens is 6. The molecule has 6 nitrogen and oxygen atoms in total. The third-order valence-electron chi connectivity index (χ3n) is 9.93. The second kappa shape index (κ2) is 17.3. The van der Waals surface area contributed by atoms with Crippen molar-refractivity contribution in [3.05, 3.63) is 225 Å². The van der Waals surface area contributed by atoms with Gasteiger partial charge in [0.15, 0.2) is 11.6 Å². The van der Waals surface area contributed by atoms with Crippen LogP contribution < -0.4 is 9.47 Å². The molecule has 298 valence electrons. The first-order chi connectivity index (χ1) is 29.4. The first-order valence-corrected chi connectivity index (χ1v) is 18.1. The molecule has 1 aliphatic carbocycles. The van der Waals surface area contributed by atoms with Crippen LogP contribution in [-0.2, 0) is 5.41 Å². The Bertz CT molecular complexity index is 2700. The van der Waals surface area contributed by atoms with E-state index in [0.29, 0.717) is 55.6 Å². The van der Waals surface area contributed by atoms with Gasteiger partial charge in [0.25, 0.3) is 0 Å². The predicted octanol–water partition coefficient (Wildman–Crippen LogP) is 12.4. The largest absolute Gasteiger partial charge is 0.428 e. The second-order valence-corrected chi connectivity index (χ2v) is 13.5. The quantitative estimate of drug-likeness (QED) is 0.0527. The lowest BCUT2D eigenvalue weighted by atomic mass is 9.67. The van der Waals surface area contributed by atoms with E-state index in [1.165, 1.54) is 60.7 Å². The normalized spacial score (nSPS) is 12.2. The highest BCUT2D eigenvalue weighted by atomic mass is 19.3. The Morgan fingerprint density at radius 3 is 1.18 bits per heavy atom. The number of hydrogen-bond donors (Lipinski definition) is 0. The summed E-state index contributed by atoms with van der Waals surface area (Å²) in [5.74, 6) is -1.37. The predicted molar refractivity (Wildman–Crippen MR) is 215 cm³/mol. The van der Waals surface area contributed by atoms with Gasteiger partial charge in [-0.2, -0.15) is 36.9 Å². The molecule has 0 fully saturated rings. The molecule has 0 amide bonds. The van der Waals surface area contributed by atoms with E-state index >= 15 is 0 Å². The van der Waals surface area contributed by atoms with Gasteiger partial charge >= 0.3 is 24.2 Å². The molecule has 0 saturated carbocycles. The summed E-state index contributed by atoms with van der Waals surface area (Å²) in [6.45, 7) is 0. The Morgan fingerprint density at radius 2 is 0.852 bits per heavy atom. The van der Waals surface area contributed by atoms with Crippen LogP contribution in [0.2, 0.25) is 0 Å². The first-order valence-electron chi connectivity index (χ1n) is 18.1. The lowest BCUT2D eigenvalue weighted by Gasteiger charge is -2.34. The van der Waals surface area contributed by atoms with Gasteiger partial charge in [0.1, 0.15) is 11.5 Å². The first kappa shape index (κ1) is 41.0. The van der Waals surface area contributed by atoms with Crippen LogP contribution in [0, 0.1) is 22.7 Å². The maximum absolute atomic E-state index is 13.9. The highest BCUT2D eigenvalue weighted by Crippen LogP contribution is 2.57. The molecular formula is C49H26F6N2O4. The zero-order valence-electron chi connectivity index (χ0n) is 31.3. The van der Waals surface area contributed by atoms with E-state index < -0.39 is 41.2 Å². The molecule has 0 unspecified atom stereocenters. The standard InChI is InChI=1S/C49H26F6N2O4/c50-45(51)47(54)60-37-17-13-35(14-18-37)49(36-15-19-38(20-16-36)61-48(55)46(52)53)41-25-33(43(58)23-9-29-1-5-31(27-56)6-2-29)11-21-39(41)40-22-12-34(26-42(40)49)44(59)24-10-30-3-7-32(28-57)8-4-30/h1-26H. The lowest BCUT2D eigenvalue weighted by molar-refractivity contribution is 0.103. The molecule has 0 aliphatic heterocycles. The van der Waals surface area contributed by atoms with Crippen molar-refractivity contribution >= 4 is 23.7 Å². The van der Waals surface area contributed by atoms with Crippen LogP contribution in [-0.4, -0.2) is 11.6 Å². The fourth-order valence-electron chi connectivity index (χ4n) is 7.12. The third kappa shape index (κ3) is 8.37. The average molecular weight is 821 g/mol. The van der Waals surface area contributed by atoms with Crippen molar-refractivity contribution in [3.8, 4) is 34.8 Å². The van der Waals surface area contributed by atoms with Crippen molar-refractivity contribution in [1.29, 1.82) is 10.5 Å². The summed E-state index contributed by atoms with van der Waals surface area (Å²) in [4.78, 5) is 27.7. The Hall–Kier alpha value is -8.22. The lowest BCUT2D eigenvalue weighted by Crippen LogP contribution is -2.29. The number of benzene rings is 6. The van der Waals surface area contributed by atoms with Crippen LogP contribution in [0.4, 0.5) is 26.3 Å². The molecular weight excluding hydrogens is 795 g/mol. The summed E-state index contributed by atoms with van der Waals surface area (Å²) >= 11 is 0. The number of rotatable bonds is 12. The zero-order valence-corrected chi connectivity index (χ0v) is 31.3. The molecule has 61 heavy (non-hydrogen) atoms. The van der Waals surface area contributed by atoms with Crippen molar-refractivity contribution in [2.24, 2.45) is 0 Å². The van der Waals surface area contributed by atoms with Gasteiger partial charge in [-0.25, -0.2) is 0 Å². The smallest absolute Gasteiger partial charge is 0.344 e. The Labute approximate surface area is 344 Å². The summed E-state index contributed by atoms with van der Waals surface area (Å²) in [7, 11) is 0. The third-order valence-corrected chi connectivity index (χ3v) is 9.93. The van der Waals surface area contributed by atoms with E-state index in [0.717, 1.165) is 0 Å². The van der Waals surface area contributed by atoms with Gasteiger partial charge in [-0.05, 0) is 117 Å². The molecule has 1 aliphatic rings. The minimum atomic E-state index is -2.67. The van der Waals surface area contributed by atoms with Gasteiger partial charge in [0.05, 0.1) is 28.7 Å². The number of nitrogens with zero attached hydrogens (tertiary/aromatic N) is 2. The Morgan fingerprint density at radius 1 is 0.492 bits per heavy atom. The number of carbonyl (C=O) groups excluding carboxylic acids is 2. The molecule has 0 radical (unpaired) electrons. The molecule has 0 bridgehead atoms. The van der Waals surface area contributed by atoms with Crippen LogP contribution in [0.25, 0.3) is 23.3 Å². The second-order valence-electron chi connectivity index (χ2n) is 13.5. The zero-order chi connectivity index (χ0) is 43.3. The van der Waals surface area contributed by atoms with Crippen molar-refractivity contribution in [1.82, 2.24) is 0 Å². The van der Waals surface area contributed by atoms with E-state index in [1.807, 2.05) is 12.1 Å². The topological polar surface area (TPSA) is 100 Å². The number of hydrogen-bond acceptors (Lipinski definition) is 6.